The van der Waals surface area contributed by atoms with Crippen molar-refractivity contribution in [3.05, 3.63) is 72.0 Å². The highest BCUT2D eigenvalue weighted by molar-refractivity contribution is 7.92. The number of nitrogens with one attached hydrogen (secondary N) is 2. The van der Waals surface area contributed by atoms with Gasteiger partial charge in [-0.25, -0.2) is 23.1 Å². The predicted octanol–water partition coefficient (Wildman–Crippen LogP) is 3.34. The second kappa shape index (κ2) is 8.89. The summed E-state index contributed by atoms with van der Waals surface area (Å²) < 4.78 is 32.6. The summed E-state index contributed by atoms with van der Waals surface area (Å²) in [7, 11) is -3.84. The highest BCUT2D eigenvalue weighted by atomic mass is 35.5. The number of anilines is 2. The average Bonchev–Trinajstić information content (AvgIpc) is 2.70. The molecule has 8 nitrogen and oxygen atoms in total. The molecule has 0 spiro atoms. The molecule has 0 fully saturated rings. The normalized spacial score (nSPS) is 12.1. The molecule has 2 N–H and O–H groups in total. The Morgan fingerprint density at radius 2 is 1.66 bits per heavy atom. The number of carbonyl (C=O) groups is 1. The summed E-state index contributed by atoms with van der Waals surface area (Å²) >= 11 is 5.82. The molecule has 0 aliphatic carbocycles. The van der Waals surface area contributed by atoms with Crippen LogP contribution in [-0.4, -0.2) is 30.4 Å². The number of sulfonamides is 1. The fourth-order valence-corrected chi connectivity index (χ4v) is 3.35. The van der Waals surface area contributed by atoms with Gasteiger partial charge in [-0.3, -0.25) is 4.79 Å². The number of amides is 1. The maximum absolute atomic E-state index is 12.4. The molecule has 3 aromatic rings. The van der Waals surface area contributed by atoms with Crippen molar-refractivity contribution in [2.75, 3.05) is 10.0 Å². The zero-order valence-corrected chi connectivity index (χ0v) is 16.8. The summed E-state index contributed by atoms with van der Waals surface area (Å²) in [5.74, 6) is 0.0946. The number of hydrogen-bond acceptors (Lipinski definition) is 6. The molecule has 3 rings (SSSR count). The van der Waals surface area contributed by atoms with Crippen molar-refractivity contribution in [1.82, 2.24) is 9.97 Å². The Kier molecular flexibility index (Phi) is 6.30. The molecule has 0 unspecified atom stereocenters. The lowest BCUT2D eigenvalue weighted by Crippen LogP contribution is -2.30. The van der Waals surface area contributed by atoms with Gasteiger partial charge in [0.2, 0.25) is 5.95 Å². The van der Waals surface area contributed by atoms with Crippen LogP contribution in [0.3, 0.4) is 0 Å². The van der Waals surface area contributed by atoms with Crippen LogP contribution >= 0.6 is 11.6 Å². The summed E-state index contributed by atoms with van der Waals surface area (Å²) in [6, 6.07) is 13.9. The van der Waals surface area contributed by atoms with Gasteiger partial charge in [0.25, 0.3) is 15.9 Å². The maximum Gasteiger partial charge on any atom is 0.265 e. The van der Waals surface area contributed by atoms with E-state index in [1.165, 1.54) is 36.7 Å². The van der Waals surface area contributed by atoms with Crippen molar-refractivity contribution in [1.29, 1.82) is 0 Å². The number of hydrogen-bond donors (Lipinski definition) is 2. The van der Waals surface area contributed by atoms with E-state index in [0.29, 0.717) is 16.5 Å². The zero-order valence-electron chi connectivity index (χ0n) is 15.2. The van der Waals surface area contributed by atoms with E-state index in [-0.39, 0.29) is 16.8 Å². The second-order valence-corrected chi connectivity index (χ2v) is 8.02. The number of nitrogens with zero attached hydrogens (tertiary/aromatic N) is 2. The molecule has 10 heteroatoms. The Bertz CT molecular complexity index is 1080. The third-order valence-electron chi connectivity index (χ3n) is 3.72. The Balaban J connectivity index is 1.62. The van der Waals surface area contributed by atoms with Crippen molar-refractivity contribution in [3.63, 3.8) is 0 Å². The first-order valence-electron chi connectivity index (χ1n) is 8.46. The van der Waals surface area contributed by atoms with Crippen LogP contribution in [0, 0.1) is 0 Å². The third-order valence-corrected chi connectivity index (χ3v) is 5.32. The fraction of sp³-hybridized carbons (Fsp3) is 0.105. The van der Waals surface area contributed by atoms with Crippen molar-refractivity contribution in [2.24, 2.45) is 0 Å². The fourth-order valence-electron chi connectivity index (χ4n) is 2.26. The quantitative estimate of drug-likeness (QED) is 0.592. The van der Waals surface area contributed by atoms with Gasteiger partial charge in [-0.1, -0.05) is 11.6 Å². The number of halogens is 1. The molecule has 0 aliphatic heterocycles. The summed E-state index contributed by atoms with van der Waals surface area (Å²) in [5.41, 5.74) is 0.427. The van der Waals surface area contributed by atoms with E-state index in [9.17, 15) is 13.2 Å². The van der Waals surface area contributed by atoms with Crippen LogP contribution in [0.1, 0.15) is 6.92 Å². The number of rotatable bonds is 7. The minimum absolute atomic E-state index is 0.00779. The van der Waals surface area contributed by atoms with Gasteiger partial charge >= 0.3 is 0 Å². The number of benzene rings is 2. The number of carbonyl (C=O) groups excluding carboxylic acids is 1. The molecule has 0 bridgehead atoms. The summed E-state index contributed by atoms with van der Waals surface area (Å²) in [5, 5.41) is 3.24. The van der Waals surface area contributed by atoms with Gasteiger partial charge in [-0.15, -0.1) is 0 Å². The lowest BCUT2D eigenvalue weighted by atomic mass is 10.3. The largest absolute Gasteiger partial charge is 0.481 e. The highest BCUT2D eigenvalue weighted by Crippen LogP contribution is 2.19. The highest BCUT2D eigenvalue weighted by Gasteiger charge is 2.17. The van der Waals surface area contributed by atoms with E-state index in [0.717, 1.165) is 0 Å². The Morgan fingerprint density at radius 1 is 1.03 bits per heavy atom. The Hall–Kier alpha value is -3.17. The summed E-state index contributed by atoms with van der Waals surface area (Å²) in [6.07, 6.45) is 2.09. The average molecular weight is 433 g/mol. The van der Waals surface area contributed by atoms with Crippen LogP contribution in [0.2, 0.25) is 5.02 Å². The molecule has 29 heavy (non-hydrogen) atoms. The van der Waals surface area contributed by atoms with Crippen LogP contribution in [0.15, 0.2) is 71.9 Å². The topological polar surface area (TPSA) is 110 Å². The van der Waals surface area contributed by atoms with Crippen LogP contribution < -0.4 is 14.8 Å². The van der Waals surface area contributed by atoms with Crippen LogP contribution in [0.4, 0.5) is 11.6 Å². The first-order chi connectivity index (χ1) is 13.8. The summed E-state index contributed by atoms with van der Waals surface area (Å²) in [6.45, 7) is 1.60. The van der Waals surface area contributed by atoms with Gasteiger partial charge in [0.15, 0.2) is 6.10 Å². The third kappa shape index (κ3) is 5.66. The van der Waals surface area contributed by atoms with Crippen molar-refractivity contribution in [2.45, 2.75) is 17.9 Å². The van der Waals surface area contributed by atoms with Gasteiger partial charge in [0.05, 0.1) is 4.90 Å². The van der Waals surface area contributed by atoms with Gasteiger partial charge in [0.1, 0.15) is 5.75 Å². The van der Waals surface area contributed by atoms with Crippen LogP contribution in [0.25, 0.3) is 0 Å². The van der Waals surface area contributed by atoms with Gasteiger partial charge < -0.3 is 10.1 Å². The Labute approximate surface area is 173 Å². The smallest absolute Gasteiger partial charge is 0.265 e. The molecule has 1 heterocycles. The molecule has 0 saturated heterocycles. The van der Waals surface area contributed by atoms with Crippen LogP contribution in [-0.2, 0) is 14.8 Å². The van der Waals surface area contributed by atoms with E-state index in [2.05, 4.69) is 20.0 Å². The van der Waals surface area contributed by atoms with E-state index < -0.39 is 16.1 Å². The molecule has 0 aliphatic rings. The predicted molar refractivity (Wildman–Crippen MR) is 109 cm³/mol. The second-order valence-electron chi connectivity index (χ2n) is 5.91. The Morgan fingerprint density at radius 3 is 2.28 bits per heavy atom. The van der Waals surface area contributed by atoms with E-state index >= 15 is 0 Å². The maximum atomic E-state index is 12.4. The molecule has 1 aromatic heterocycles. The molecule has 1 atom stereocenters. The standard InChI is InChI=1S/C19H17ClN4O4S/c1-13(28-16-7-3-14(20)4-8-16)18(25)23-15-5-9-17(10-6-15)29(26,27)24-19-21-11-2-12-22-19/h2-13H,1H3,(H,23,25)(H,21,22,24)/t13-/m0/s1. The lowest BCUT2D eigenvalue weighted by molar-refractivity contribution is -0.122. The van der Waals surface area contributed by atoms with E-state index in [1.807, 2.05) is 0 Å². The molecule has 0 saturated carbocycles. The van der Waals surface area contributed by atoms with Crippen molar-refractivity contribution in [3.8, 4) is 5.75 Å². The van der Waals surface area contributed by atoms with Gasteiger partial charge in [0, 0.05) is 23.1 Å². The molecule has 2 aromatic carbocycles. The molecule has 1 amide bonds. The first kappa shape index (κ1) is 20.6. The number of ether oxygens (including phenoxy) is 1. The lowest BCUT2D eigenvalue weighted by Gasteiger charge is -2.15. The van der Waals surface area contributed by atoms with E-state index in [4.69, 9.17) is 16.3 Å². The van der Waals surface area contributed by atoms with Gasteiger partial charge in [-0.05, 0) is 61.5 Å². The molecular weight excluding hydrogens is 416 g/mol. The van der Waals surface area contributed by atoms with E-state index in [1.54, 1.807) is 37.3 Å². The summed E-state index contributed by atoms with van der Waals surface area (Å²) in [4.78, 5) is 20.0. The van der Waals surface area contributed by atoms with Crippen molar-refractivity contribution >= 4 is 39.2 Å². The minimum Gasteiger partial charge on any atom is -0.481 e. The number of aromatic nitrogens is 2. The monoisotopic (exact) mass is 432 g/mol. The van der Waals surface area contributed by atoms with Crippen LogP contribution in [0.5, 0.6) is 5.75 Å². The molecule has 150 valence electrons. The minimum atomic E-state index is -3.84. The first-order valence-corrected chi connectivity index (χ1v) is 10.3. The zero-order chi connectivity index (χ0) is 20.9. The molecular formula is C19H17ClN4O4S. The SMILES string of the molecule is C[C@H](Oc1ccc(Cl)cc1)C(=O)Nc1ccc(S(=O)(=O)Nc2ncccn2)cc1. The van der Waals surface area contributed by atoms with Crippen molar-refractivity contribution < 1.29 is 17.9 Å². The van der Waals surface area contributed by atoms with Gasteiger partial charge in [-0.2, -0.15) is 0 Å². The molecule has 0 radical (unpaired) electrons.